The highest BCUT2D eigenvalue weighted by Gasteiger charge is 2.48. The van der Waals surface area contributed by atoms with E-state index in [1.807, 2.05) is 0 Å². The molecule has 0 spiro atoms. The fourth-order valence-electron chi connectivity index (χ4n) is 3.17. The van der Waals surface area contributed by atoms with E-state index in [0.717, 1.165) is 12.8 Å². The summed E-state index contributed by atoms with van der Waals surface area (Å²) in [6.45, 7) is 0. The van der Waals surface area contributed by atoms with Crippen molar-refractivity contribution in [3.05, 3.63) is 34.9 Å². The van der Waals surface area contributed by atoms with Crippen LogP contribution >= 0.6 is 11.6 Å². The highest BCUT2D eigenvalue weighted by molar-refractivity contribution is 6.31. The summed E-state index contributed by atoms with van der Waals surface area (Å²) in [4.78, 5) is 23.6. The molecule has 106 valence electrons. The average molecular weight is 294 g/mol. The number of aliphatic carboxylic acids is 1. The van der Waals surface area contributed by atoms with Crippen LogP contribution in [0.3, 0.4) is 0 Å². The van der Waals surface area contributed by atoms with Gasteiger partial charge in [-0.3, -0.25) is 4.79 Å². The van der Waals surface area contributed by atoms with Crippen molar-refractivity contribution in [1.82, 2.24) is 5.32 Å². The molecule has 1 aromatic rings. The highest BCUT2D eigenvalue weighted by atomic mass is 35.5. The van der Waals surface area contributed by atoms with Crippen LogP contribution in [0.25, 0.3) is 0 Å². The van der Waals surface area contributed by atoms with Crippen LogP contribution in [0.15, 0.2) is 24.3 Å². The van der Waals surface area contributed by atoms with Gasteiger partial charge >= 0.3 is 5.97 Å². The fraction of sp³-hybridized carbons (Fsp3) is 0.467. The summed E-state index contributed by atoms with van der Waals surface area (Å²) in [5, 5.41) is 12.3. The molecular weight excluding hydrogens is 278 g/mol. The molecule has 2 aliphatic carbocycles. The zero-order valence-corrected chi connectivity index (χ0v) is 11.6. The van der Waals surface area contributed by atoms with Gasteiger partial charge in [-0.1, -0.05) is 29.8 Å². The maximum atomic E-state index is 12.2. The van der Waals surface area contributed by atoms with Gasteiger partial charge in [0.25, 0.3) is 0 Å². The van der Waals surface area contributed by atoms with E-state index in [9.17, 15) is 14.7 Å². The number of hydrogen-bond donors (Lipinski definition) is 2. The maximum Gasteiger partial charge on any atom is 0.330 e. The third kappa shape index (κ3) is 2.52. The molecule has 3 rings (SSSR count). The second kappa shape index (κ2) is 5.09. The first-order valence-corrected chi connectivity index (χ1v) is 7.21. The van der Waals surface area contributed by atoms with Crippen LogP contribution in [0.2, 0.25) is 5.02 Å². The van der Waals surface area contributed by atoms with Crippen molar-refractivity contribution in [1.29, 1.82) is 0 Å². The van der Waals surface area contributed by atoms with Crippen molar-refractivity contribution >= 4 is 23.5 Å². The van der Waals surface area contributed by atoms with Crippen LogP contribution in [-0.4, -0.2) is 17.0 Å². The van der Waals surface area contributed by atoms with E-state index >= 15 is 0 Å². The molecule has 0 radical (unpaired) electrons. The highest BCUT2D eigenvalue weighted by Crippen LogP contribution is 2.54. The third-order valence-electron chi connectivity index (χ3n) is 4.36. The quantitative estimate of drug-likeness (QED) is 0.897. The van der Waals surface area contributed by atoms with Crippen molar-refractivity contribution in [3.63, 3.8) is 0 Å². The van der Waals surface area contributed by atoms with Crippen LogP contribution in [0, 0.1) is 17.8 Å². The van der Waals surface area contributed by atoms with Crippen LogP contribution in [0.1, 0.15) is 30.9 Å². The lowest BCUT2D eigenvalue weighted by molar-refractivity contribution is -0.142. The lowest BCUT2D eigenvalue weighted by Gasteiger charge is -2.19. The second-order valence-electron chi connectivity index (χ2n) is 5.73. The van der Waals surface area contributed by atoms with Gasteiger partial charge in [-0.2, -0.15) is 0 Å². The molecule has 20 heavy (non-hydrogen) atoms. The van der Waals surface area contributed by atoms with Crippen molar-refractivity contribution < 1.29 is 14.7 Å². The molecule has 1 amide bonds. The summed E-state index contributed by atoms with van der Waals surface area (Å²) in [6.07, 6.45) is 3.02. The molecule has 4 nitrogen and oxygen atoms in total. The van der Waals surface area contributed by atoms with E-state index in [1.54, 1.807) is 24.3 Å². The number of hydrogen-bond acceptors (Lipinski definition) is 2. The van der Waals surface area contributed by atoms with Gasteiger partial charge in [0.15, 0.2) is 6.04 Å². The van der Waals surface area contributed by atoms with Gasteiger partial charge in [0.05, 0.1) is 0 Å². The monoisotopic (exact) mass is 293 g/mol. The smallest absolute Gasteiger partial charge is 0.330 e. The molecule has 2 fully saturated rings. The predicted octanol–water partition coefficient (Wildman–Crippen LogP) is 2.63. The van der Waals surface area contributed by atoms with Crippen molar-refractivity contribution in [2.75, 3.05) is 0 Å². The Hall–Kier alpha value is -1.55. The Bertz CT molecular complexity index is 550. The van der Waals surface area contributed by atoms with Gasteiger partial charge in [-0.05, 0) is 37.2 Å². The van der Waals surface area contributed by atoms with E-state index < -0.39 is 12.0 Å². The minimum Gasteiger partial charge on any atom is -0.479 e. The van der Waals surface area contributed by atoms with Gasteiger partial charge in [0, 0.05) is 16.5 Å². The standard InChI is InChI=1S/C15H16ClNO3/c16-12-4-2-1-3-11(12)13(15(19)20)17-14(18)10-6-8-5-9(8)7-10/h1-4,8-10,13H,5-7H2,(H,17,18)(H,19,20)/t8?,9?,10?,13-/m1/s1. The first-order chi connectivity index (χ1) is 9.56. The van der Waals surface area contributed by atoms with Gasteiger partial charge in [-0.15, -0.1) is 0 Å². The van der Waals surface area contributed by atoms with E-state index in [2.05, 4.69) is 5.32 Å². The Morgan fingerprint density at radius 2 is 1.85 bits per heavy atom. The Kier molecular flexibility index (Phi) is 3.42. The van der Waals surface area contributed by atoms with Crippen molar-refractivity contribution in [2.45, 2.75) is 25.3 Å². The molecule has 5 heteroatoms. The van der Waals surface area contributed by atoms with Crippen LogP contribution in [0.4, 0.5) is 0 Å². The second-order valence-corrected chi connectivity index (χ2v) is 6.13. The maximum absolute atomic E-state index is 12.2. The summed E-state index contributed by atoms with van der Waals surface area (Å²) in [5.41, 5.74) is 0.429. The summed E-state index contributed by atoms with van der Waals surface area (Å²) >= 11 is 6.02. The van der Waals surface area contributed by atoms with Gasteiger partial charge in [0.2, 0.25) is 5.91 Å². The minimum atomic E-state index is -1.09. The van der Waals surface area contributed by atoms with Crippen LogP contribution < -0.4 is 5.32 Å². The molecule has 2 unspecified atom stereocenters. The minimum absolute atomic E-state index is 0.0388. The Balaban J connectivity index is 1.73. The van der Waals surface area contributed by atoms with Crippen LogP contribution in [0.5, 0.6) is 0 Å². The molecule has 2 aliphatic rings. The van der Waals surface area contributed by atoms with Crippen molar-refractivity contribution in [3.8, 4) is 0 Å². The Labute approximate surface area is 122 Å². The summed E-state index contributed by atoms with van der Waals surface area (Å²) < 4.78 is 0. The lowest BCUT2D eigenvalue weighted by atomic mass is 10.0. The van der Waals surface area contributed by atoms with Crippen molar-refractivity contribution in [2.24, 2.45) is 17.8 Å². The number of carboxylic acids is 1. The molecule has 0 bridgehead atoms. The lowest BCUT2D eigenvalue weighted by Crippen LogP contribution is -2.37. The molecule has 2 N–H and O–H groups in total. The zero-order chi connectivity index (χ0) is 14.3. The van der Waals surface area contributed by atoms with E-state index in [4.69, 9.17) is 11.6 Å². The molecule has 0 aliphatic heterocycles. The van der Waals surface area contributed by atoms with E-state index in [-0.39, 0.29) is 11.8 Å². The van der Waals surface area contributed by atoms with Gasteiger partial charge in [-0.25, -0.2) is 4.79 Å². The Morgan fingerprint density at radius 3 is 2.45 bits per heavy atom. The largest absolute Gasteiger partial charge is 0.479 e. The fourth-order valence-corrected chi connectivity index (χ4v) is 3.42. The van der Waals surface area contributed by atoms with Crippen LogP contribution in [-0.2, 0) is 9.59 Å². The number of halogens is 1. The number of benzene rings is 1. The molecule has 0 heterocycles. The van der Waals surface area contributed by atoms with Gasteiger partial charge < -0.3 is 10.4 Å². The topological polar surface area (TPSA) is 66.4 Å². The third-order valence-corrected chi connectivity index (χ3v) is 4.71. The number of rotatable bonds is 4. The number of carbonyl (C=O) groups is 2. The molecule has 1 aromatic carbocycles. The van der Waals surface area contributed by atoms with E-state index in [0.29, 0.717) is 22.4 Å². The summed E-state index contributed by atoms with van der Waals surface area (Å²) in [6, 6.07) is 5.63. The molecule has 2 saturated carbocycles. The average Bonchev–Trinajstić information content (AvgIpc) is 3.03. The number of fused-ring (bicyclic) bond motifs is 1. The SMILES string of the molecule is O=C(N[C@@H](C(=O)O)c1ccccc1Cl)C1CC2CC2C1. The molecule has 3 atom stereocenters. The number of amides is 1. The normalized spacial score (nSPS) is 28.6. The molecular formula is C15H16ClNO3. The molecule has 0 saturated heterocycles. The van der Waals surface area contributed by atoms with E-state index in [1.165, 1.54) is 6.42 Å². The first-order valence-electron chi connectivity index (χ1n) is 6.84. The Morgan fingerprint density at radius 1 is 1.20 bits per heavy atom. The van der Waals surface area contributed by atoms with Gasteiger partial charge in [0.1, 0.15) is 0 Å². The summed E-state index contributed by atoms with van der Waals surface area (Å²) in [5.74, 6) is 0.0888. The number of nitrogens with one attached hydrogen (secondary N) is 1. The summed E-state index contributed by atoms with van der Waals surface area (Å²) in [7, 11) is 0. The first kappa shape index (κ1) is 13.4. The number of carboxylic acid groups (broad SMARTS) is 1. The predicted molar refractivity (Wildman–Crippen MR) is 74.3 cm³/mol. The zero-order valence-electron chi connectivity index (χ0n) is 10.9. The molecule has 0 aromatic heterocycles. The number of carbonyl (C=O) groups excluding carboxylic acids is 1.